The summed E-state index contributed by atoms with van der Waals surface area (Å²) in [5.41, 5.74) is 0. The van der Waals surface area contributed by atoms with Gasteiger partial charge in [0.2, 0.25) is 24.0 Å². The average molecular weight is 439 g/mol. The Morgan fingerprint density at radius 1 is 1.19 bits per heavy atom. The lowest BCUT2D eigenvalue weighted by Gasteiger charge is -2.07. The summed E-state index contributed by atoms with van der Waals surface area (Å²) in [4.78, 5) is 3.93. The van der Waals surface area contributed by atoms with Gasteiger partial charge in [-0.1, -0.05) is 29.9 Å². The molecule has 7 nitrogen and oxygen atoms in total. The van der Waals surface area contributed by atoms with E-state index in [-0.39, 0.29) is 25.0 Å². The van der Waals surface area contributed by atoms with Gasteiger partial charge in [0.25, 0.3) is 0 Å². The van der Waals surface area contributed by atoms with E-state index in [0.717, 1.165) is 11.3 Å². The van der Waals surface area contributed by atoms with E-state index >= 15 is 0 Å². The molecule has 0 spiro atoms. The van der Waals surface area contributed by atoms with Crippen molar-refractivity contribution in [1.82, 2.24) is 4.98 Å². The number of sulfone groups is 2. The molecule has 0 atom stereocenters. The monoisotopic (exact) mass is 438 g/mol. The molecule has 1 aromatic heterocycles. The zero-order valence-electron chi connectivity index (χ0n) is 14.2. The van der Waals surface area contributed by atoms with E-state index in [1.807, 2.05) is 0 Å². The van der Waals surface area contributed by atoms with Crippen molar-refractivity contribution in [2.24, 2.45) is 0 Å². The second kappa shape index (κ2) is 8.66. The van der Waals surface area contributed by atoms with Crippen LogP contribution in [0.5, 0.6) is 0 Å². The summed E-state index contributed by atoms with van der Waals surface area (Å²) >= 11 is 6.63. The second-order valence-electron chi connectivity index (χ2n) is 5.25. The van der Waals surface area contributed by atoms with Crippen molar-refractivity contribution in [1.29, 1.82) is 0 Å². The van der Waals surface area contributed by atoms with Crippen molar-refractivity contribution in [3.8, 4) is 0 Å². The van der Waals surface area contributed by atoms with Crippen molar-refractivity contribution in [3.63, 3.8) is 0 Å². The molecule has 0 unspecified atom stereocenters. The van der Waals surface area contributed by atoms with Crippen LogP contribution in [0.25, 0.3) is 0 Å². The highest BCUT2D eigenvalue weighted by atomic mass is 35.5. The number of anilines is 1. The zero-order valence-corrected chi connectivity index (χ0v) is 17.4. The number of halogens is 1. The van der Waals surface area contributed by atoms with E-state index < -0.39 is 19.7 Å². The molecule has 26 heavy (non-hydrogen) atoms. The fraction of sp³-hybridized carbons (Fsp3) is 0.400. The smallest absolute Gasteiger partial charge is 0.226 e. The lowest BCUT2D eigenvalue weighted by atomic mass is 10.4. The maximum absolute atomic E-state index is 12.9. The molecule has 0 aliphatic carbocycles. The first-order valence-electron chi connectivity index (χ1n) is 7.69. The van der Waals surface area contributed by atoms with Crippen LogP contribution >= 0.6 is 22.9 Å². The van der Waals surface area contributed by atoms with Crippen molar-refractivity contribution in [2.75, 3.05) is 31.3 Å². The molecule has 1 N–H and O–H groups in total. The van der Waals surface area contributed by atoms with E-state index in [9.17, 15) is 16.8 Å². The molecule has 0 aliphatic heterocycles. The fourth-order valence-electron chi connectivity index (χ4n) is 1.98. The summed E-state index contributed by atoms with van der Waals surface area (Å²) in [5.74, 6) is -0.163. The SMILES string of the molecule is CCS(=O)(=O)c1nc(S(=O)(=O)c2ccc(Cl)cc2)c(NCCCOC)s1. The minimum atomic E-state index is -3.99. The number of methoxy groups -OCH3 is 1. The van der Waals surface area contributed by atoms with E-state index in [1.165, 1.54) is 31.2 Å². The third-order valence-corrected chi connectivity index (χ3v) is 8.69. The number of hydrogen-bond acceptors (Lipinski definition) is 8. The Kier molecular flexibility index (Phi) is 7.03. The highest BCUT2D eigenvalue weighted by molar-refractivity contribution is 7.94. The van der Waals surface area contributed by atoms with Crippen LogP contribution in [-0.2, 0) is 24.4 Å². The van der Waals surface area contributed by atoms with Crippen LogP contribution in [0, 0.1) is 0 Å². The summed E-state index contributed by atoms with van der Waals surface area (Å²) in [7, 11) is -6.06. The largest absolute Gasteiger partial charge is 0.385 e. The molecule has 0 saturated carbocycles. The lowest BCUT2D eigenvalue weighted by Crippen LogP contribution is -2.09. The molecular formula is C15H19ClN2O5S3. The van der Waals surface area contributed by atoms with Crippen molar-refractivity contribution >= 4 is 47.6 Å². The van der Waals surface area contributed by atoms with Crippen LogP contribution in [0.3, 0.4) is 0 Å². The van der Waals surface area contributed by atoms with Gasteiger partial charge >= 0.3 is 0 Å². The quantitative estimate of drug-likeness (QED) is 0.600. The number of ether oxygens (including phenoxy) is 1. The van der Waals surface area contributed by atoms with E-state index in [2.05, 4.69) is 10.3 Å². The molecule has 0 radical (unpaired) electrons. The second-order valence-corrected chi connectivity index (χ2v) is 11.0. The van der Waals surface area contributed by atoms with Gasteiger partial charge in [-0.25, -0.2) is 21.8 Å². The Balaban J connectivity index is 2.48. The van der Waals surface area contributed by atoms with Gasteiger partial charge in [0.15, 0.2) is 5.03 Å². The minimum absolute atomic E-state index is 0.00686. The molecule has 11 heteroatoms. The number of benzene rings is 1. The molecule has 0 amide bonds. The number of nitrogens with zero attached hydrogens (tertiary/aromatic N) is 1. The maximum atomic E-state index is 12.9. The number of thiazole rings is 1. The first-order chi connectivity index (χ1) is 12.2. The van der Waals surface area contributed by atoms with Gasteiger partial charge in [-0.2, -0.15) is 0 Å². The lowest BCUT2D eigenvalue weighted by molar-refractivity contribution is 0.198. The summed E-state index contributed by atoms with van der Waals surface area (Å²) in [6, 6.07) is 5.63. The highest BCUT2D eigenvalue weighted by Gasteiger charge is 2.29. The van der Waals surface area contributed by atoms with E-state index in [0.29, 0.717) is 24.6 Å². The highest BCUT2D eigenvalue weighted by Crippen LogP contribution is 2.35. The van der Waals surface area contributed by atoms with Crippen molar-refractivity contribution in [3.05, 3.63) is 29.3 Å². The number of rotatable bonds is 9. The van der Waals surface area contributed by atoms with Crippen molar-refractivity contribution < 1.29 is 21.6 Å². The summed E-state index contributed by atoms with van der Waals surface area (Å²) < 4.78 is 54.9. The number of hydrogen-bond donors (Lipinski definition) is 1. The van der Waals surface area contributed by atoms with E-state index in [4.69, 9.17) is 16.3 Å². The normalized spacial score (nSPS) is 12.3. The molecule has 0 saturated heterocycles. The predicted octanol–water partition coefficient (Wildman–Crippen LogP) is 2.87. The molecule has 2 aromatic rings. The molecule has 2 rings (SSSR count). The Labute approximate surface area is 162 Å². The molecule has 1 heterocycles. The van der Waals surface area contributed by atoms with Crippen LogP contribution in [0.4, 0.5) is 5.00 Å². The molecule has 0 fully saturated rings. The Morgan fingerprint density at radius 3 is 2.42 bits per heavy atom. The summed E-state index contributed by atoms with van der Waals surface area (Å²) in [6.45, 7) is 2.39. The summed E-state index contributed by atoms with van der Waals surface area (Å²) in [5, 5.41) is 3.26. The third kappa shape index (κ3) is 4.74. The third-order valence-electron chi connectivity index (χ3n) is 3.41. The van der Waals surface area contributed by atoms with Gasteiger partial charge in [0.05, 0.1) is 10.6 Å². The minimum Gasteiger partial charge on any atom is -0.385 e. The Hall–Kier alpha value is -1.20. The van der Waals surface area contributed by atoms with Gasteiger partial charge in [-0.15, -0.1) is 0 Å². The Bertz CT molecular complexity index is 954. The van der Waals surface area contributed by atoms with Crippen LogP contribution in [-0.4, -0.2) is 47.8 Å². The topological polar surface area (TPSA) is 102 Å². The molecule has 0 aliphatic rings. The van der Waals surface area contributed by atoms with Crippen LogP contribution in [0.15, 0.2) is 38.5 Å². The zero-order chi connectivity index (χ0) is 19.4. The predicted molar refractivity (Wildman–Crippen MR) is 102 cm³/mol. The van der Waals surface area contributed by atoms with Gasteiger partial charge in [-0.05, 0) is 30.7 Å². The van der Waals surface area contributed by atoms with Gasteiger partial charge in [0, 0.05) is 25.3 Å². The van der Waals surface area contributed by atoms with Gasteiger partial charge in [0.1, 0.15) is 5.00 Å². The van der Waals surface area contributed by atoms with E-state index in [1.54, 1.807) is 7.11 Å². The van der Waals surface area contributed by atoms with Crippen LogP contribution in [0.1, 0.15) is 13.3 Å². The number of aromatic nitrogens is 1. The van der Waals surface area contributed by atoms with Crippen molar-refractivity contribution in [2.45, 2.75) is 27.6 Å². The van der Waals surface area contributed by atoms with Gasteiger partial charge in [-0.3, -0.25) is 0 Å². The van der Waals surface area contributed by atoms with Crippen LogP contribution < -0.4 is 5.32 Å². The number of nitrogens with one attached hydrogen (secondary N) is 1. The summed E-state index contributed by atoms with van der Waals surface area (Å²) in [6.07, 6.45) is 0.630. The van der Waals surface area contributed by atoms with Gasteiger partial charge < -0.3 is 10.1 Å². The molecule has 144 valence electrons. The first kappa shape index (κ1) is 21.1. The first-order valence-corrected chi connectivity index (χ1v) is 12.0. The standard InChI is InChI=1S/C15H19ClN2O5S3/c1-3-25(19,20)15-18-14(13(24-15)17-9-4-10-23-2)26(21,22)12-7-5-11(16)6-8-12/h5-8,17H,3-4,9-10H2,1-2H3. The molecular weight excluding hydrogens is 420 g/mol. The molecule has 1 aromatic carbocycles. The fourth-order valence-corrected chi connectivity index (χ4v) is 6.13. The molecule has 0 bridgehead atoms. The Morgan fingerprint density at radius 2 is 1.85 bits per heavy atom. The average Bonchev–Trinajstić information content (AvgIpc) is 3.05. The maximum Gasteiger partial charge on any atom is 0.226 e. The van der Waals surface area contributed by atoms with Crippen LogP contribution in [0.2, 0.25) is 5.02 Å².